The molecule has 0 radical (unpaired) electrons. The van der Waals surface area contributed by atoms with Crippen LogP contribution in [0.25, 0.3) is 5.57 Å². The molecular weight excluding hydrogens is 348 g/mol. The Bertz CT molecular complexity index is 873. The van der Waals surface area contributed by atoms with Crippen LogP contribution in [0.15, 0.2) is 54.6 Å². The molecule has 0 aromatic heterocycles. The Hall–Kier alpha value is -2.68. The van der Waals surface area contributed by atoms with E-state index in [4.69, 9.17) is 4.74 Å². The molecule has 3 heteroatoms. The summed E-state index contributed by atoms with van der Waals surface area (Å²) in [5, 5.41) is 0. The third-order valence-electron chi connectivity index (χ3n) is 5.46. The number of aryl methyl sites for hydroxylation is 1. The van der Waals surface area contributed by atoms with Crippen LogP contribution in [-0.4, -0.2) is 18.4 Å². The summed E-state index contributed by atoms with van der Waals surface area (Å²) in [7, 11) is 0. The zero-order chi connectivity index (χ0) is 20.3. The number of ether oxygens (including phenoxy) is 1. The summed E-state index contributed by atoms with van der Waals surface area (Å²) in [5.41, 5.74) is 5.44. The maximum Gasteiger partial charge on any atom is 0.317 e. The van der Waals surface area contributed by atoms with Crippen LogP contribution in [0.3, 0.4) is 0 Å². The van der Waals surface area contributed by atoms with Gasteiger partial charge in [-0.1, -0.05) is 67.9 Å². The van der Waals surface area contributed by atoms with Gasteiger partial charge in [-0.05, 0) is 54.5 Å². The van der Waals surface area contributed by atoms with E-state index in [2.05, 4.69) is 38.1 Å². The fourth-order valence-corrected chi connectivity index (χ4v) is 3.79. The standard InChI is InChI=1S/C25H28O3/c1-5-28-25(27)24-22(20-12-10-18(11-13-20)16(2)3)14-21(15-23(24)26)19-8-6-17(4)7-9-19/h6-13,15-16,22,24H,5,14H2,1-4H3/t22-,24+/m0/s1. The number of benzene rings is 2. The third kappa shape index (κ3) is 4.24. The van der Waals surface area contributed by atoms with Crippen molar-refractivity contribution in [2.75, 3.05) is 6.61 Å². The first kappa shape index (κ1) is 20.1. The molecule has 0 heterocycles. The molecule has 0 saturated carbocycles. The Morgan fingerprint density at radius 1 is 1.07 bits per heavy atom. The molecule has 28 heavy (non-hydrogen) atoms. The zero-order valence-electron chi connectivity index (χ0n) is 17.1. The summed E-state index contributed by atoms with van der Waals surface area (Å²) in [4.78, 5) is 25.5. The summed E-state index contributed by atoms with van der Waals surface area (Å²) >= 11 is 0. The molecule has 1 aliphatic rings. The van der Waals surface area contributed by atoms with E-state index in [1.807, 2.05) is 31.2 Å². The van der Waals surface area contributed by atoms with Gasteiger partial charge in [-0.25, -0.2) is 0 Å². The van der Waals surface area contributed by atoms with Gasteiger partial charge in [0.25, 0.3) is 0 Å². The van der Waals surface area contributed by atoms with Crippen molar-refractivity contribution in [3.8, 4) is 0 Å². The van der Waals surface area contributed by atoms with Gasteiger partial charge in [0, 0.05) is 5.92 Å². The van der Waals surface area contributed by atoms with E-state index in [0.29, 0.717) is 12.3 Å². The van der Waals surface area contributed by atoms with Crippen molar-refractivity contribution in [3.05, 3.63) is 76.9 Å². The minimum atomic E-state index is -0.779. The van der Waals surface area contributed by atoms with Gasteiger partial charge >= 0.3 is 5.97 Å². The Balaban J connectivity index is 1.99. The largest absolute Gasteiger partial charge is 0.465 e. The van der Waals surface area contributed by atoms with Crippen molar-refractivity contribution in [1.29, 1.82) is 0 Å². The highest BCUT2D eigenvalue weighted by molar-refractivity contribution is 6.10. The lowest BCUT2D eigenvalue weighted by atomic mass is 9.73. The number of carbonyl (C=O) groups excluding carboxylic acids is 2. The molecular formula is C25H28O3. The van der Waals surface area contributed by atoms with Crippen LogP contribution < -0.4 is 0 Å². The predicted molar refractivity (Wildman–Crippen MR) is 112 cm³/mol. The van der Waals surface area contributed by atoms with Gasteiger partial charge in [-0.3, -0.25) is 9.59 Å². The lowest BCUT2D eigenvalue weighted by Crippen LogP contribution is -2.34. The third-order valence-corrected chi connectivity index (χ3v) is 5.46. The number of carbonyl (C=O) groups is 2. The van der Waals surface area contributed by atoms with Gasteiger partial charge < -0.3 is 4.74 Å². The van der Waals surface area contributed by atoms with E-state index in [-0.39, 0.29) is 18.3 Å². The molecule has 0 aliphatic heterocycles. The molecule has 2 atom stereocenters. The Labute approximate surface area is 167 Å². The minimum absolute atomic E-state index is 0.168. The SMILES string of the molecule is CCOC(=O)[C@H]1C(=O)C=C(c2ccc(C)cc2)C[C@H]1c1ccc(C(C)C)cc1. The normalized spacial score (nSPS) is 19.5. The van der Waals surface area contributed by atoms with E-state index in [9.17, 15) is 9.59 Å². The summed E-state index contributed by atoms with van der Waals surface area (Å²) in [5.74, 6) is -1.15. The van der Waals surface area contributed by atoms with E-state index in [1.54, 1.807) is 13.0 Å². The lowest BCUT2D eigenvalue weighted by molar-refractivity contribution is -0.151. The topological polar surface area (TPSA) is 43.4 Å². The van der Waals surface area contributed by atoms with Gasteiger partial charge in [0.2, 0.25) is 0 Å². The quantitative estimate of drug-likeness (QED) is 0.516. The van der Waals surface area contributed by atoms with Crippen molar-refractivity contribution in [2.24, 2.45) is 5.92 Å². The fraction of sp³-hybridized carbons (Fsp3) is 0.360. The van der Waals surface area contributed by atoms with Crippen LogP contribution in [0.4, 0.5) is 0 Å². The van der Waals surface area contributed by atoms with Crippen LogP contribution in [0.1, 0.15) is 61.3 Å². The number of ketones is 1. The Kier molecular flexibility index (Phi) is 6.13. The summed E-state index contributed by atoms with van der Waals surface area (Å²) < 4.78 is 5.23. The van der Waals surface area contributed by atoms with Crippen molar-refractivity contribution in [1.82, 2.24) is 0 Å². The van der Waals surface area contributed by atoms with Crippen LogP contribution in [-0.2, 0) is 14.3 Å². The average molecular weight is 376 g/mol. The van der Waals surface area contributed by atoms with Gasteiger partial charge in [-0.2, -0.15) is 0 Å². The van der Waals surface area contributed by atoms with Gasteiger partial charge in [0.1, 0.15) is 5.92 Å². The predicted octanol–water partition coefficient (Wildman–Crippen LogP) is 5.44. The van der Waals surface area contributed by atoms with Crippen molar-refractivity contribution in [3.63, 3.8) is 0 Å². The molecule has 3 rings (SSSR count). The summed E-state index contributed by atoms with van der Waals surface area (Å²) in [6.07, 6.45) is 2.27. The van der Waals surface area contributed by atoms with Crippen molar-refractivity contribution >= 4 is 17.3 Å². The van der Waals surface area contributed by atoms with E-state index < -0.39 is 11.9 Å². The molecule has 1 aliphatic carbocycles. The van der Waals surface area contributed by atoms with Crippen LogP contribution in [0.5, 0.6) is 0 Å². The van der Waals surface area contributed by atoms with Crippen LogP contribution in [0.2, 0.25) is 0 Å². The molecule has 0 saturated heterocycles. The van der Waals surface area contributed by atoms with Gasteiger partial charge in [-0.15, -0.1) is 0 Å². The average Bonchev–Trinajstić information content (AvgIpc) is 2.68. The second-order valence-corrected chi connectivity index (χ2v) is 7.80. The second kappa shape index (κ2) is 8.55. The molecule has 2 aromatic carbocycles. The van der Waals surface area contributed by atoms with Gasteiger partial charge in [0.05, 0.1) is 6.61 Å². The molecule has 0 amide bonds. The molecule has 3 nitrogen and oxygen atoms in total. The maximum absolute atomic E-state index is 12.9. The highest BCUT2D eigenvalue weighted by Crippen LogP contribution is 2.40. The number of hydrogen-bond acceptors (Lipinski definition) is 3. The highest BCUT2D eigenvalue weighted by Gasteiger charge is 2.39. The Morgan fingerprint density at radius 3 is 2.29 bits per heavy atom. The Morgan fingerprint density at radius 2 is 1.71 bits per heavy atom. The first-order chi connectivity index (χ1) is 13.4. The van der Waals surface area contributed by atoms with Crippen molar-refractivity contribution < 1.29 is 14.3 Å². The lowest BCUT2D eigenvalue weighted by Gasteiger charge is -2.29. The molecule has 0 N–H and O–H groups in total. The smallest absolute Gasteiger partial charge is 0.317 e. The second-order valence-electron chi connectivity index (χ2n) is 7.80. The molecule has 0 fully saturated rings. The zero-order valence-corrected chi connectivity index (χ0v) is 17.1. The number of allylic oxidation sites excluding steroid dienone is 2. The minimum Gasteiger partial charge on any atom is -0.465 e. The van der Waals surface area contributed by atoms with E-state index in [0.717, 1.165) is 16.7 Å². The number of rotatable bonds is 5. The molecule has 0 unspecified atom stereocenters. The fourth-order valence-electron chi connectivity index (χ4n) is 3.79. The first-order valence-electron chi connectivity index (χ1n) is 9.98. The van der Waals surface area contributed by atoms with Gasteiger partial charge in [0.15, 0.2) is 5.78 Å². The first-order valence-corrected chi connectivity index (χ1v) is 9.98. The van der Waals surface area contributed by atoms with E-state index >= 15 is 0 Å². The number of hydrogen-bond donors (Lipinski definition) is 0. The maximum atomic E-state index is 12.9. The molecule has 0 spiro atoms. The molecule has 0 bridgehead atoms. The van der Waals surface area contributed by atoms with Crippen LogP contribution >= 0.6 is 0 Å². The summed E-state index contributed by atoms with van der Waals surface area (Å²) in [6, 6.07) is 16.5. The number of esters is 1. The molecule has 2 aromatic rings. The molecule has 146 valence electrons. The summed E-state index contributed by atoms with van der Waals surface area (Å²) in [6.45, 7) is 8.39. The van der Waals surface area contributed by atoms with E-state index in [1.165, 1.54) is 11.1 Å². The van der Waals surface area contributed by atoms with Crippen molar-refractivity contribution in [2.45, 2.75) is 46.0 Å². The van der Waals surface area contributed by atoms with Crippen LogP contribution in [0, 0.1) is 12.8 Å². The highest BCUT2D eigenvalue weighted by atomic mass is 16.5. The monoisotopic (exact) mass is 376 g/mol.